The Morgan fingerprint density at radius 2 is 1.49 bits per heavy atom. The fourth-order valence-electron chi connectivity index (χ4n) is 3.98. The molecule has 1 aromatic carbocycles. The molecule has 0 saturated carbocycles. The first-order valence-electron chi connectivity index (χ1n) is 11.2. The lowest BCUT2D eigenvalue weighted by atomic mass is 9.78. The SMILES string of the molecule is COC(=O)C1=C(C)NC(C)=C(C(=O)OCCOC(=O)c2ccc(C)nc2)C1c1ccccc1C(F)(F)F. The number of carbonyl (C=O) groups is 3. The normalized spacial score (nSPS) is 15.7. The van der Waals surface area contributed by atoms with Gasteiger partial charge in [-0.25, -0.2) is 14.4 Å². The van der Waals surface area contributed by atoms with E-state index in [9.17, 15) is 27.6 Å². The monoisotopic (exact) mass is 518 g/mol. The summed E-state index contributed by atoms with van der Waals surface area (Å²) in [6.45, 7) is 4.07. The molecule has 0 aliphatic carbocycles. The van der Waals surface area contributed by atoms with Gasteiger partial charge in [0.25, 0.3) is 0 Å². The number of nitrogens with one attached hydrogen (secondary N) is 1. The van der Waals surface area contributed by atoms with E-state index >= 15 is 0 Å². The van der Waals surface area contributed by atoms with E-state index in [4.69, 9.17) is 14.2 Å². The van der Waals surface area contributed by atoms with Gasteiger partial charge in [-0.3, -0.25) is 4.98 Å². The molecule has 1 aliphatic heterocycles. The van der Waals surface area contributed by atoms with Crippen LogP contribution in [0.1, 0.15) is 46.9 Å². The molecule has 2 heterocycles. The van der Waals surface area contributed by atoms with Gasteiger partial charge in [-0.05, 0) is 44.5 Å². The molecule has 196 valence electrons. The van der Waals surface area contributed by atoms with Crippen LogP contribution in [0.15, 0.2) is 65.1 Å². The molecule has 0 saturated heterocycles. The molecule has 37 heavy (non-hydrogen) atoms. The molecular weight excluding hydrogens is 493 g/mol. The van der Waals surface area contributed by atoms with Crippen molar-refractivity contribution < 1.29 is 41.8 Å². The molecular formula is C26H25F3N2O6. The zero-order valence-corrected chi connectivity index (χ0v) is 20.6. The molecule has 1 N–H and O–H groups in total. The van der Waals surface area contributed by atoms with Crippen LogP contribution in [-0.4, -0.2) is 43.2 Å². The summed E-state index contributed by atoms with van der Waals surface area (Å²) in [7, 11) is 1.09. The van der Waals surface area contributed by atoms with Crippen molar-refractivity contribution in [2.75, 3.05) is 20.3 Å². The van der Waals surface area contributed by atoms with E-state index in [1.54, 1.807) is 13.0 Å². The number of ether oxygens (including phenoxy) is 3. The molecule has 0 bridgehead atoms. The number of benzene rings is 1. The highest BCUT2D eigenvalue weighted by Crippen LogP contribution is 2.44. The summed E-state index contributed by atoms with van der Waals surface area (Å²) in [5.41, 5.74) is -0.294. The van der Waals surface area contributed by atoms with Crippen molar-refractivity contribution in [3.63, 3.8) is 0 Å². The second-order valence-electron chi connectivity index (χ2n) is 8.17. The number of methoxy groups -OCH3 is 1. The number of nitrogens with zero attached hydrogens (tertiary/aromatic N) is 1. The molecule has 11 heteroatoms. The van der Waals surface area contributed by atoms with Gasteiger partial charge >= 0.3 is 24.1 Å². The van der Waals surface area contributed by atoms with E-state index in [0.29, 0.717) is 5.69 Å². The minimum Gasteiger partial charge on any atom is -0.466 e. The first kappa shape index (κ1) is 27.4. The van der Waals surface area contributed by atoms with E-state index in [2.05, 4.69) is 10.3 Å². The summed E-state index contributed by atoms with van der Waals surface area (Å²) in [4.78, 5) is 41.9. The molecule has 1 atom stereocenters. The van der Waals surface area contributed by atoms with E-state index in [-0.39, 0.29) is 46.9 Å². The van der Waals surface area contributed by atoms with Crippen molar-refractivity contribution in [2.45, 2.75) is 32.9 Å². The minimum absolute atomic E-state index is 0.157. The summed E-state index contributed by atoms with van der Waals surface area (Å²) in [5, 5.41) is 2.85. The third-order valence-electron chi connectivity index (χ3n) is 5.66. The van der Waals surface area contributed by atoms with E-state index in [1.165, 1.54) is 44.3 Å². The maximum Gasteiger partial charge on any atom is 0.416 e. The van der Waals surface area contributed by atoms with Crippen LogP contribution in [0.25, 0.3) is 0 Å². The average molecular weight is 518 g/mol. The van der Waals surface area contributed by atoms with E-state index in [1.807, 2.05) is 0 Å². The first-order chi connectivity index (χ1) is 17.5. The molecule has 2 aromatic rings. The molecule has 0 radical (unpaired) electrons. The highest BCUT2D eigenvalue weighted by molar-refractivity contribution is 6.00. The topological polar surface area (TPSA) is 104 Å². The largest absolute Gasteiger partial charge is 0.466 e. The van der Waals surface area contributed by atoms with Gasteiger partial charge in [-0.15, -0.1) is 0 Å². The van der Waals surface area contributed by atoms with Gasteiger partial charge in [-0.2, -0.15) is 13.2 Å². The highest BCUT2D eigenvalue weighted by atomic mass is 19.4. The van der Waals surface area contributed by atoms with Crippen molar-refractivity contribution in [3.8, 4) is 0 Å². The Balaban J connectivity index is 1.87. The van der Waals surface area contributed by atoms with Crippen molar-refractivity contribution in [1.82, 2.24) is 10.3 Å². The molecule has 0 fully saturated rings. The minimum atomic E-state index is -4.75. The standard InChI is InChI=1S/C26H25F3N2O6/c1-14-9-10-17(13-30-14)23(32)36-11-12-37-25(34)21-16(3)31-15(2)20(24(33)35-4)22(21)18-7-5-6-8-19(18)26(27,28)29/h5-10,13,22,31H,11-12H2,1-4H3. The Labute approximate surface area is 211 Å². The number of alkyl halides is 3. The quantitative estimate of drug-likeness (QED) is 0.330. The fraction of sp³-hybridized carbons (Fsp3) is 0.308. The van der Waals surface area contributed by atoms with Crippen LogP contribution < -0.4 is 5.32 Å². The zero-order valence-electron chi connectivity index (χ0n) is 20.6. The first-order valence-corrected chi connectivity index (χ1v) is 11.2. The van der Waals surface area contributed by atoms with Crippen LogP contribution in [0, 0.1) is 6.92 Å². The third-order valence-corrected chi connectivity index (χ3v) is 5.66. The number of rotatable bonds is 7. The Kier molecular flexibility index (Phi) is 8.36. The van der Waals surface area contributed by atoms with Gasteiger partial charge < -0.3 is 19.5 Å². The molecule has 0 amide bonds. The van der Waals surface area contributed by atoms with Crippen LogP contribution in [0.2, 0.25) is 0 Å². The number of dihydropyridines is 1. The summed E-state index contributed by atoms with van der Waals surface area (Å²) < 4.78 is 56.8. The lowest BCUT2D eigenvalue weighted by Crippen LogP contribution is -2.33. The van der Waals surface area contributed by atoms with Gasteiger partial charge in [0.15, 0.2) is 0 Å². The number of hydrogen-bond donors (Lipinski definition) is 1. The molecule has 1 aliphatic rings. The Morgan fingerprint density at radius 1 is 0.892 bits per heavy atom. The number of hydrogen-bond acceptors (Lipinski definition) is 8. The van der Waals surface area contributed by atoms with Crippen LogP contribution >= 0.6 is 0 Å². The Bertz CT molecular complexity index is 1270. The number of carbonyl (C=O) groups excluding carboxylic acids is 3. The average Bonchev–Trinajstić information content (AvgIpc) is 2.85. The number of aromatic nitrogens is 1. The van der Waals surface area contributed by atoms with Crippen LogP contribution in [0.5, 0.6) is 0 Å². The lowest BCUT2D eigenvalue weighted by molar-refractivity contribution is -0.142. The van der Waals surface area contributed by atoms with Crippen molar-refractivity contribution >= 4 is 17.9 Å². The fourth-order valence-corrected chi connectivity index (χ4v) is 3.98. The summed E-state index contributed by atoms with van der Waals surface area (Å²) in [6, 6.07) is 7.84. The smallest absolute Gasteiger partial charge is 0.416 e. The van der Waals surface area contributed by atoms with Crippen molar-refractivity contribution in [1.29, 1.82) is 0 Å². The lowest BCUT2D eigenvalue weighted by Gasteiger charge is -2.31. The predicted octanol–water partition coefficient (Wildman–Crippen LogP) is 4.22. The van der Waals surface area contributed by atoms with Gasteiger partial charge in [0.05, 0.1) is 35.3 Å². The molecule has 1 aromatic heterocycles. The van der Waals surface area contributed by atoms with Crippen molar-refractivity contribution in [2.24, 2.45) is 0 Å². The molecule has 0 spiro atoms. The zero-order chi connectivity index (χ0) is 27.3. The summed E-state index contributed by atoms with van der Waals surface area (Å²) >= 11 is 0. The summed E-state index contributed by atoms with van der Waals surface area (Å²) in [5.74, 6) is -3.97. The van der Waals surface area contributed by atoms with Gasteiger partial charge in [-0.1, -0.05) is 18.2 Å². The van der Waals surface area contributed by atoms with Gasteiger partial charge in [0, 0.05) is 23.3 Å². The van der Waals surface area contributed by atoms with Crippen molar-refractivity contribution in [3.05, 3.63) is 87.5 Å². The molecule has 1 unspecified atom stereocenters. The van der Waals surface area contributed by atoms with Crippen LogP contribution in [0.3, 0.4) is 0 Å². The molecule has 3 rings (SSSR count). The van der Waals surface area contributed by atoms with Crippen LogP contribution in [0.4, 0.5) is 13.2 Å². The molecule has 8 nitrogen and oxygen atoms in total. The van der Waals surface area contributed by atoms with E-state index < -0.39 is 35.6 Å². The number of esters is 3. The highest BCUT2D eigenvalue weighted by Gasteiger charge is 2.43. The van der Waals surface area contributed by atoms with Gasteiger partial charge in [0.2, 0.25) is 0 Å². The number of pyridine rings is 1. The number of allylic oxidation sites excluding steroid dienone is 2. The second-order valence-corrected chi connectivity index (χ2v) is 8.17. The Hall–Kier alpha value is -4.15. The summed E-state index contributed by atoms with van der Waals surface area (Å²) in [6.07, 6.45) is -3.41. The number of halogens is 3. The predicted molar refractivity (Wildman–Crippen MR) is 125 cm³/mol. The third kappa shape index (κ3) is 6.16. The maximum atomic E-state index is 13.9. The number of aryl methyl sites for hydroxylation is 1. The van der Waals surface area contributed by atoms with Crippen LogP contribution in [-0.2, 0) is 30.0 Å². The van der Waals surface area contributed by atoms with E-state index in [0.717, 1.165) is 13.2 Å². The van der Waals surface area contributed by atoms with Gasteiger partial charge in [0.1, 0.15) is 13.2 Å². The second kappa shape index (κ2) is 11.3. The maximum absolute atomic E-state index is 13.9. The Morgan fingerprint density at radius 3 is 2.05 bits per heavy atom.